The van der Waals surface area contributed by atoms with Crippen LogP contribution >= 0.6 is 0 Å². The number of amides is 2. The van der Waals surface area contributed by atoms with Crippen molar-refractivity contribution >= 4 is 23.4 Å². The largest absolute Gasteiger partial charge is 0.497 e. The molecule has 1 heterocycles. The minimum Gasteiger partial charge on any atom is -0.497 e. The molecule has 6 nitrogen and oxygen atoms in total. The summed E-state index contributed by atoms with van der Waals surface area (Å²) in [5.41, 5.74) is 1.24. The summed E-state index contributed by atoms with van der Waals surface area (Å²) < 4.78 is 5.19. The van der Waals surface area contributed by atoms with E-state index in [0.29, 0.717) is 24.5 Å². The van der Waals surface area contributed by atoms with Crippen LogP contribution in [0.2, 0.25) is 0 Å². The number of nitrogens with zero attached hydrogens (tertiary/aromatic N) is 3. The third kappa shape index (κ3) is 5.08. The molecule has 152 valence electrons. The van der Waals surface area contributed by atoms with Crippen LogP contribution in [0.1, 0.15) is 26.3 Å². The number of benzene rings is 1. The summed E-state index contributed by atoms with van der Waals surface area (Å²) in [4.78, 5) is 35.8. The maximum Gasteiger partial charge on any atom is 0.260 e. The van der Waals surface area contributed by atoms with Gasteiger partial charge in [-0.15, -0.1) is 0 Å². The van der Waals surface area contributed by atoms with Gasteiger partial charge in [-0.05, 0) is 30.2 Å². The molecule has 29 heavy (non-hydrogen) atoms. The highest BCUT2D eigenvalue weighted by Gasteiger charge is 2.31. The second kappa shape index (κ2) is 8.55. The molecule has 0 fully saturated rings. The summed E-state index contributed by atoms with van der Waals surface area (Å²) >= 11 is 0. The van der Waals surface area contributed by atoms with Crippen LogP contribution in [0.3, 0.4) is 0 Å². The lowest BCUT2D eigenvalue weighted by molar-refractivity contribution is -0.138. The van der Waals surface area contributed by atoms with Crippen LogP contribution in [0.5, 0.6) is 5.75 Å². The monoisotopic (exact) mass is 393 g/mol. The zero-order valence-electron chi connectivity index (χ0n) is 17.4. The number of ether oxygens (including phenoxy) is 1. The first-order valence-corrected chi connectivity index (χ1v) is 9.75. The van der Waals surface area contributed by atoms with Crippen LogP contribution in [-0.2, 0) is 16.0 Å². The van der Waals surface area contributed by atoms with Gasteiger partial charge in [0.1, 0.15) is 11.7 Å². The highest BCUT2D eigenvalue weighted by molar-refractivity contribution is 6.21. The molecule has 6 heteroatoms. The van der Waals surface area contributed by atoms with Gasteiger partial charge in [0.15, 0.2) is 5.84 Å². The van der Waals surface area contributed by atoms with E-state index in [4.69, 9.17) is 4.74 Å². The fraction of sp³-hybridized carbons (Fsp3) is 0.391. The second-order valence-electron chi connectivity index (χ2n) is 8.20. The van der Waals surface area contributed by atoms with Gasteiger partial charge in [0.25, 0.3) is 5.91 Å². The summed E-state index contributed by atoms with van der Waals surface area (Å²) in [7, 11) is 1.63. The van der Waals surface area contributed by atoms with Crippen molar-refractivity contribution in [3.63, 3.8) is 0 Å². The predicted molar refractivity (Wildman–Crippen MR) is 114 cm³/mol. The Hall–Kier alpha value is -3.02. The summed E-state index contributed by atoms with van der Waals surface area (Å²) in [5.74, 6) is 0.543. The van der Waals surface area contributed by atoms with E-state index in [0.717, 1.165) is 11.3 Å². The van der Waals surface area contributed by atoms with Crippen LogP contribution in [0, 0.1) is 11.3 Å². The molecule has 0 spiro atoms. The number of carbonyl (C=O) groups is 2. The van der Waals surface area contributed by atoms with Crippen molar-refractivity contribution in [3.05, 3.63) is 54.1 Å². The van der Waals surface area contributed by atoms with Gasteiger partial charge in [-0.3, -0.25) is 9.59 Å². The van der Waals surface area contributed by atoms with E-state index in [-0.39, 0.29) is 18.4 Å². The van der Waals surface area contributed by atoms with Gasteiger partial charge in [0, 0.05) is 12.0 Å². The van der Waals surface area contributed by atoms with Crippen LogP contribution < -0.4 is 4.74 Å². The van der Waals surface area contributed by atoms with Gasteiger partial charge < -0.3 is 9.64 Å². The van der Waals surface area contributed by atoms with Crippen molar-refractivity contribution < 1.29 is 14.3 Å². The quantitative estimate of drug-likeness (QED) is 0.745. The van der Waals surface area contributed by atoms with Gasteiger partial charge in [-0.25, -0.2) is 4.99 Å². The Morgan fingerprint density at radius 2 is 1.86 bits per heavy atom. The van der Waals surface area contributed by atoms with E-state index in [1.54, 1.807) is 18.1 Å². The highest BCUT2D eigenvalue weighted by Crippen LogP contribution is 2.21. The zero-order valence-corrected chi connectivity index (χ0v) is 17.4. The average Bonchev–Trinajstić information content (AvgIpc) is 2.70. The first kappa shape index (κ1) is 20.7. The summed E-state index contributed by atoms with van der Waals surface area (Å²) in [6.45, 7) is 6.39. The van der Waals surface area contributed by atoms with Gasteiger partial charge in [0.05, 0.1) is 19.4 Å². The van der Waals surface area contributed by atoms with Crippen LogP contribution in [0.15, 0.2) is 58.6 Å². The lowest BCUT2D eigenvalue weighted by atomic mass is 9.94. The summed E-state index contributed by atoms with van der Waals surface area (Å²) in [6.07, 6.45) is 7.99. The number of aliphatic imine (C=N–C) groups is 2. The fourth-order valence-electron chi connectivity index (χ4n) is 3.24. The van der Waals surface area contributed by atoms with Crippen molar-refractivity contribution in [1.82, 2.24) is 4.90 Å². The number of methoxy groups -OCH3 is 1. The van der Waals surface area contributed by atoms with Crippen molar-refractivity contribution in [2.24, 2.45) is 21.3 Å². The molecular weight excluding hydrogens is 366 g/mol. The SMILES string of the molecule is COc1ccc(CCN(CC2=NC(=O)C3C=CC=CC3=N2)C(=O)C(C)(C)C)cc1. The third-order valence-electron chi connectivity index (χ3n) is 4.85. The molecule has 1 aromatic rings. The van der Waals surface area contributed by atoms with Gasteiger partial charge in [0.2, 0.25) is 5.91 Å². The molecule has 0 saturated heterocycles. The molecule has 1 aliphatic heterocycles. The molecular formula is C23H27N3O3. The Labute approximate surface area is 171 Å². The number of fused-ring (bicyclic) bond motifs is 1. The smallest absolute Gasteiger partial charge is 0.260 e. The van der Waals surface area contributed by atoms with Gasteiger partial charge in [-0.1, -0.05) is 51.1 Å². The lowest BCUT2D eigenvalue weighted by Gasteiger charge is -2.30. The standard InChI is InChI=1S/C23H27N3O3/c1-23(2,3)22(28)26(14-13-16-9-11-17(29-4)12-10-16)15-20-24-19-8-6-5-7-18(19)21(27)25-20/h5-12,18H,13-15H2,1-4H3. The van der Waals surface area contributed by atoms with Crippen molar-refractivity contribution in [2.45, 2.75) is 27.2 Å². The summed E-state index contributed by atoms with van der Waals surface area (Å²) in [6, 6.07) is 7.79. The van der Waals surface area contributed by atoms with Crippen molar-refractivity contribution in [3.8, 4) is 5.75 Å². The maximum absolute atomic E-state index is 13.0. The minimum atomic E-state index is -0.539. The summed E-state index contributed by atoms with van der Waals surface area (Å²) in [5, 5.41) is 0. The van der Waals surface area contributed by atoms with E-state index in [1.165, 1.54) is 0 Å². The Balaban J connectivity index is 1.76. The molecule has 0 N–H and O–H groups in total. The Morgan fingerprint density at radius 3 is 2.52 bits per heavy atom. The number of hydrogen-bond donors (Lipinski definition) is 0. The molecule has 1 atom stereocenters. The topological polar surface area (TPSA) is 71.3 Å². The third-order valence-corrected chi connectivity index (χ3v) is 4.85. The first-order valence-electron chi connectivity index (χ1n) is 9.75. The second-order valence-corrected chi connectivity index (χ2v) is 8.20. The van der Waals surface area contributed by atoms with Gasteiger partial charge >= 0.3 is 0 Å². The maximum atomic E-state index is 13.0. The van der Waals surface area contributed by atoms with Crippen molar-refractivity contribution in [1.29, 1.82) is 0 Å². The van der Waals surface area contributed by atoms with Crippen molar-refractivity contribution in [2.75, 3.05) is 20.2 Å². The highest BCUT2D eigenvalue weighted by atomic mass is 16.5. The minimum absolute atomic E-state index is 0.00238. The normalized spacial score (nSPS) is 18.1. The molecule has 1 aromatic carbocycles. The van der Waals surface area contributed by atoms with E-state index < -0.39 is 11.3 Å². The number of hydrogen-bond acceptors (Lipinski definition) is 4. The van der Waals surface area contributed by atoms with E-state index in [9.17, 15) is 9.59 Å². The van der Waals surface area contributed by atoms with Crippen LogP contribution in [0.4, 0.5) is 0 Å². The average molecular weight is 393 g/mol. The molecule has 0 aromatic heterocycles. The molecule has 2 aliphatic rings. The molecule has 2 amide bonds. The Bertz CT molecular complexity index is 902. The molecule has 1 aliphatic carbocycles. The fourth-order valence-corrected chi connectivity index (χ4v) is 3.24. The zero-order chi connectivity index (χ0) is 21.0. The molecule has 0 bridgehead atoms. The van der Waals surface area contributed by atoms with Gasteiger partial charge in [-0.2, -0.15) is 4.99 Å². The Kier molecular flexibility index (Phi) is 6.11. The molecule has 0 radical (unpaired) electrons. The molecule has 3 rings (SSSR count). The number of carbonyl (C=O) groups excluding carboxylic acids is 2. The Morgan fingerprint density at radius 1 is 1.14 bits per heavy atom. The molecule has 1 unspecified atom stereocenters. The van der Waals surface area contributed by atoms with E-state index >= 15 is 0 Å². The van der Waals surface area contributed by atoms with E-state index in [1.807, 2.05) is 63.3 Å². The van der Waals surface area contributed by atoms with Crippen LogP contribution in [0.25, 0.3) is 0 Å². The van der Waals surface area contributed by atoms with Crippen LogP contribution in [-0.4, -0.2) is 48.5 Å². The predicted octanol–water partition coefficient (Wildman–Crippen LogP) is 3.23. The van der Waals surface area contributed by atoms with E-state index in [2.05, 4.69) is 9.98 Å². The number of rotatable bonds is 6. The number of allylic oxidation sites excluding steroid dienone is 3. The lowest BCUT2D eigenvalue weighted by Crippen LogP contribution is -2.44. The molecule has 0 saturated carbocycles. The first-order chi connectivity index (χ1) is 13.8. The number of amidine groups is 1.